The van der Waals surface area contributed by atoms with E-state index in [-0.39, 0.29) is 0 Å². The molecular weight excluding hydrogens is 252 g/mol. The smallest absolute Gasteiger partial charge is 0.146 e. The van der Waals surface area contributed by atoms with Crippen LogP contribution in [-0.2, 0) is 0 Å². The van der Waals surface area contributed by atoms with Gasteiger partial charge in [0.2, 0.25) is 0 Å². The first-order valence-electron chi connectivity index (χ1n) is 6.90. The van der Waals surface area contributed by atoms with Crippen LogP contribution >= 0.6 is 0 Å². The molecule has 4 N–H and O–H groups in total. The van der Waals surface area contributed by atoms with Gasteiger partial charge < -0.3 is 11.5 Å². The van der Waals surface area contributed by atoms with Gasteiger partial charge in [-0.25, -0.2) is 0 Å². The third kappa shape index (κ3) is 2.68. The van der Waals surface area contributed by atoms with Crippen LogP contribution in [0.3, 0.4) is 0 Å². The summed E-state index contributed by atoms with van der Waals surface area (Å²) in [5, 5.41) is 16.3. The van der Waals surface area contributed by atoms with E-state index in [0.717, 1.165) is 37.1 Å². The molecule has 1 saturated carbocycles. The van der Waals surface area contributed by atoms with Crippen LogP contribution < -0.4 is 11.5 Å². The molecule has 0 radical (unpaired) electrons. The van der Waals surface area contributed by atoms with Crippen molar-refractivity contribution in [2.24, 2.45) is 0 Å². The lowest BCUT2D eigenvalue weighted by atomic mass is 9.78. The van der Waals surface area contributed by atoms with Crippen LogP contribution in [0, 0.1) is 0 Å². The topological polar surface area (TPSA) is 104 Å². The van der Waals surface area contributed by atoms with Crippen LogP contribution in [0.4, 0.5) is 11.6 Å². The van der Waals surface area contributed by atoms with Crippen molar-refractivity contribution in [2.45, 2.75) is 37.5 Å². The minimum absolute atomic E-state index is 0.418. The van der Waals surface area contributed by atoms with Crippen LogP contribution in [0.1, 0.15) is 48.9 Å². The average molecular weight is 270 g/mol. The number of rotatable bonds is 2. The number of hydrogen-bond acceptors (Lipinski definition) is 6. The summed E-state index contributed by atoms with van der Waals surface area (Å²) < 4.78 is 0. The van der Waals surface area contributed by atoms with Gasteiger partial charge in [-0.2, -0.15) is 10.2 Å². The van der Waals surface area contributed by atoms with E-state index in [9.17, 15) is 0 Å². The lowest BCUT2D eigenvalue weighted by Crippen LogP contribution is -2.16. The number of nitrogen functional groups attached to an aromatic ring is 2. The summed E-state index contributed by atoms with van der Waals surface area (Å²) in [5.41, 5.74) is 13.2. The molecule has 2 atom stereocenters. The van der Waals surface area contributed by atoms with E-state index in [1.54, 1.807) is 0 Å². The Morgan fingerprint density at radius 2 is 1.25 bits per heavy atom. The van der Waals surface area contributed by atoms with Crippen molar-refractivity contribution >= 4 is 11.6 Å². The maximum Gasteiger partial charge on any atom is 0.146 e. The lowest BCUT2D eigenvalue weighted by molar-refractivity contribution is 0.380. The summed E-state index contributed by atoms with van der Waals surface area (Å²) in [7, 11) is 0. The number of nitrogens with two attached hydrogens (primary N) is 2. The van der Waals surface area contributed by atoms with Gasteiger partial charge in [0.15, 0.2) is 0 Å². The highest BCUT2D eigenvalue weighted by molar-refractivity contribution is 5.28. The summed E-state index contributed by atoms with van der Waals surface area (Å²) in [6, 6.07) is 7.58. The SMILES string of the molecule is Nc1ccc([C@@H]2CCC[C@H](c3ccc(N)nn3)C2)nn1. The Bertz CT molecular complexity index is 514. The molecule has 0 spiro atoms. The van der Waals surface area contributed by atoms with Crippen molar-refractivity contribution in [1.29, 1.82) is 0 Å². The van der Waals surface area contributed by atoms with E-state index >= 15 is 0 Å². The van der Waals surface area contributed by atoms with Crippen molar-refractivity contribution in [3.05, 3.63) is 35.7 Å². The van der Waals surface area contributed by atoms with Crippen LogP contribution in [0.25, 0.3) is 0 Å². The monoisotopic (exact) mass is 270 g/mol. The first-order chi connectivity index (χ1) is 9.72. The van der Waals surface area contributed by atoms with Crippen LogP contribution in [-0.4, -0.2) is 20.4 Å². The number of anilines is 2. The van der Waals surface area contributed by atoms with E-state index in [0.29, 0.717) is 23.5 Å². The fraction of sp³-hybridized carbons (Fsp3) is 0.429. The highest BCUT2D eigenvalue weighted by atomic mass is 15.1. The van der Waals surface area contributed by atoms with Crippen molar-refractivity contribution < 1.29 is 0 Å². The fourth-order valence-electron chi connectivity index (χ4n) is 2.87. The Balaban J connectivity index is 1.76. The molecule has 0 saturated heterocycles. The first kappa shape index (κ1) is 12.8. The van der Waals surface area contributed by atoms with Gasteiger partial charge in [-0.3, -0.25) is 0 Å². The molecular formula is C14H18N6. The molecule has 0 aliphatic heterocycles. The van der Waals surface area contributed by atoms with Gasteiger partial charge in [0, 0.05) is 11.8 Å². The molecule has 3 rings (SSSR count). The van der Waals surface area contributed by atoms with Crippen molar-refractivity contribution in [2.75, 3.05) is 11.5 Å². The molecule has 0 bridgehead atoms. The highest BCUT2D eigenvalue weighted by Crippen LogP contribution is 2.39. The Hall–Kier alpha value is -2.24. The van der Waals surface area contributed by atoms with Gasteiger partial charge in [0.25, 0.3) is 0 Å². The van der Waals surface area contributed by atoms with Crippen LogP contribution in [0.15, 0.2) is 24.3 Å². The zero-order valence-electron chi connectivity index (χ0n) is 11.2. The van der Waals surface area contributed by atoms with E-state index in [1.807, 2.05) is 24.3 Å². The molecule has 6 nitrogen and oxygen atoms in total. The highest BCUT2D eigenvalue weighted by Gasteiger charge is 2.26. The van der Waals surface area contributed by atoms with Crippen LogP contribution in [0.5, 0.6) is 0 Å². The third-order valence-electron chi connectivity index (χ3n) is 3.92. The predicted octanol–water partition coefficient (Wildman–Crippen LogP) is 1.87. The third-order valence-corrected chi connectivity index (χ3v) is 3.92. The van der Waals surface area contributed by atoms with Gasteiger partial charge >= 0.3 is 0 Å². The van der Waals surface area contributed by atoms with E-state index in [4.69, 9.17) is 11.5 Å². The molecule has 0 aromatic carbocycles. The molecule has 0 amide bonds. The van der Waals surface area contributed by atoms with Gasteiger partial charge in [0.1, 0.15) is 11.6 Å². The quantitative estimate of drug-likeness (QED) is 0.863. The first-order valence-corrected chi connectivity index (χ1v) is 6.90. The zero-order chi connectivity index (χ0) is 13.9. The molecule has 104 valence electrons. The second kappa shape index (κ2) is 5.40. The van der Waals surface area contributed by atoms with Crippen molar-refractivity contribution in [1.82, 2.24) is 20.4 Å². The summed E-state index contributed by atoms with van der Waals surface area (Å²) in [5.74, 6) is 1.76. The summed E-state index contributed by atoms with van der Waals surface area (Å²) >= 11 is 0. The maximum atomic E-state index is 5.59. The number of aromatic nitrogens is 4. The fourth-order valence-corrected chi connectivity index (χ4v) is 2.87. The van der Waals surface area contributed by atoms with Crippen molar-refractivity contribution in [3.8, 4) is 0 Å². The standard InChI is InChI=1S/C14H18N6/c15-13-6-4-11(17-19-13)9-2-1-3-10(8-9)12-5-7-14(16)20-18-12/h4-7,9-10H,1-3,8H2,(H2,15,19)(H2,16,20)/t9-,10+. The van der Waals surface area contributed by atoms with Gasteiger partial charge in [-0.05, 0) is 43.5 Å². The van der Waals surface area contributed by atoms with Crippen molar-refractivity contribution in [3.63, 3.8) is 0 Å². The Kier molecular flexibility index (Phi) is 3.45. The average Bonchev–Trinajstić information content (AvgIpc) is 2.49. The molecule has 1 aliphatic rings. The van der Waals surface area contributed by atoms with E-state index < -0.39 is 0 Å². The lowest BCUT2D eigenvalue weighted by Gasteiger charge is -2.27. The summed E-state index contributed by atoms with van der Waals surface area (Å²) in [4.78, 5) is 0. The second-order valence-corrected chi connectivity index (χ2v) is 5.33. The minimum atomic E-state index is 0.418. The normalized spacial score (nSPS) is 22.6. The molecule has 2 aromatic heterocycles. The molecule has 6 heteroatoms. The Morgan fingerprint density at radius 1 is 0.750 bits per heavy atom. The maximum absolute atomic E-state index is 5.59. The molecule has 2 heterocycles. The molecule has 1 fully saturated rings. The van der Waals surface area contributed by atoms with Gasteiger partial charge in [-0.15, -0.1) is 10.2 Å². The van der Waals surface area contributed by atoms with Crippen LogP contribution in [0.2, 0.25) is 0 Å². The zero-order valence-corrected chi connectivity index (χ0v) is 11.2. The largest absolute Gasteiger partial charge is 0.382 e. The number of nitrogens with zero attached hydrogens (tertiary/aromatic N) is 4. The minimum Gasteiger partial charge on any atom is -0.382 e. The summed E-state index contributed by atoms with van der Waals surface area (Å²) in [6.07, 6.45) is 4.46. The molecule has 2 aromatic rings. The molecule has 0 unspecified atom stereocenters. The second-order valence-electron chi connectivity index (χ2n) is 5.33. The Morgan fingerprint density at radius 3 is 1.65 bits per heavy atom. The molecule has 20 heavy (non-hydrogen) atoms. The summed E-state index contributed by atoms with van der Waals surface area (Å²) in [6.45, 7) is 0. The van der Waals surface area contributed by atoms with Gasteiger partial charge in [-0.1, -0.05) is 6.42 Å². The van der Waals surface area contributed by atoms with Gasteiger partial charge in [0.05, 0.1) is 11.4 Å². The Labute approximate surface area is 117 Å². The number of hydrogen-bond donors (Lipinski definition) is 2. The molecule has 1 aliphatic carbocycles. The van der Waals surface area contributed by atoms with E-state index in [2.05, 4.69) is 20.4 Å². The van der Waals surface area contributed by atoms with E-state index in [1.165, 1.54) is 0 Å². The predicted molar refractivity (Wildman–Crippen MR) is 76.8 cm³/mol.